The third-order valence-corrected chi connectivity index (χ3v) is 3.70. The van der Waals surface area contributed by atoms with Gasteiger partial charge in [0.25, 0.3) is 0 Å². The number of hydrogen-bond acceptors (Lipinski definition) is 5. The van der Waals surface area contributed by atoms with Crippen LogP contribution in [0.1, 0.15) is 22.8 Å². The monoisotopic (exact) mass is 318 g/mol. The van der Waals surface area contributed by atoms with Crippen molar-refractivity contribution in [1.29, 1.82) is 5.26 Å². The van der Waals surface area contributed by atoms with Crippen LogP contribution in [0.3, 0.4) is 0 Å². The van der Waals surface area contributed by atoms with Gasteiger partial charge in [-0.15, -0.1) is 0 Å². The summed E-state index contributed by atoms with van der Waals surface area (Å²) in [5, 5.41) is 19.8. The molecular weight excluding hydrogens is 307 g/mol. The molecule has 1 amide bonds. The van der Waals surface area contributed by atoms with Gasteiger partial charge in [-0.2, -0.15) is 5.26 Å². The van der Waals surface area contributed by atoms with Crippen molar-refractivity contribution in [2.75, 3.05) is 6.54 Å². The number of carbonyl (C=O) groups is 4. The first-order valence-corrected chi connectivity index (χ1v) is 6.51. The van der Waals surface area contributed by atoms with E-state index in [1.807, 2.05) is 5.32 Å². The van der Waals surface area contributed by atoms with Crippen molar-refractivity contribution in [1.82, 2.24) is 5.32 Å². The van der Waals surface area contributed by atoms with Gasteiger partial charge in [0.1, 0.15) is 17.8 Å². The van der Waals surface area contributed by atoms with E-state index in [2.05, 4.69) is 0 Å². The summed E-state index contributed by atoms with van der Waals surface area (Å²) >= 11 is 0. The highest BCUT2D eigenvalue weighted by Gasteiger charge is 2.52. The second-order valence-electron chi connectivity index (χ2n) is 5.20. The maximum Gasteiger partial charge on any atom is 0.322 e. The largest absolute Gasteiger partial charge is 0.480 e. The topological polar surface area (TPSA) is 124 Å². The molecule has 8 heteroatoms. The summed E-state index contributed by atoms with van der Waals surface area (Å²) in [7, 11) is 0. The molecule has 1 aromatic rings. The van der Waals surface area contributed by atoms with E-state index in [0.717, 1.165) is 18.2 Å². The van der Waals surface area contributed by atoms with Gasteiger partial charge in [-0.1, -0.05) is 6.07 Å². The third-order valence-electron chi connectivity index (χ3n) is 3.70. The first kappa shape index (κ1) is 16.3. The van der Waals surface area contributed by atoms with Crippen LogP contribution in [0.5, 0.6) is 0 Å². The van der Waals surface area contributed by atoms with Gasteiger partial charge in [0.15, 0.2) is 17.5 Å². The van der Waals surface area contributed by atoms with Crippen LogP contribution in [0.2, 0.25) is 0 Å². The molecule has 2 atom stereocenters. The van der Waals surface area contributed by atoms with E-state index < -0.39 is 47.1 Å². The molecule has 0 bridgehead atoms. The molecule has 1 unspecified atom stereocenters. The van der Waals surface area contributed by atoms with Crippen molar-refractivity contribution in [2.45, 2.75) is 12.3 Å². The molecule has 0 fully saturated rings. The fourth-order valence-electron chi connectivity index (χ4n) is 2.47. The number of rotatable bonds is 3. The predicted molar refractivity (Wildman–Crippen MR) is 72.8 cm³/mol. The molecule has 0 radical (unpaired) electrons. The number of ketones is 2. The van der Waals surface area contributed by atoms with E-state index in [-0.39, 0.29) is 11.1 Å². The number of aliphatic carboxylic acids is 1. The minimum absolute atomic E-state index is 0.0266. The first-order valence-electron chi connectivity index (χ1n) is 6.51. The molecule has 0 heterocycles. The van der Waals surface area contributed by atoms with Crippen LogP contribution in [-0.2, 0) is 19.8 Å². The molecule has 2 N–H and O–H groups in total. The third kappa shape index (κ3) is 2.57. The lowest BCUT2D eigenvalue weighted by atomic mass is 9.66. The summed E-state index contributed by atoms with van der Waals surface area (Å²) in [6.45, 7) is 0.450. The number of nitrogens with zero attached hydrogens (tertiary/aromatic N) is 1. The summed E-state index contributed by atoms with van der Waals surface area (Å²) in [6.07, 6.45) is 0. The maximum atomic E-state index is 13.4. The van der Waals surface area contributed by atoms with Gasteiger partial charge in [0.2, 0.25) is 5.91 Å². The predicted octanol–water partition coefficient (Wildman–Crippen LogP) is 0.189. The van der Waals surface area contributed by atoms with Gasteiger partial charge in [-0.05, 0) is 24.6 Å². The minimum atomic E-state index is -1.88. The van der Waals surface area contributed by atoms with Crippen LogP contribution in [-0.4, -0.2) is 35.1 Å². The van der Waals surface area contributed by atoms with E-state index in [9.17, 15) is 28.8 Å². The SMILES string of the molecule is C[C@@]1(C#N)C(=O)C(C(=O)NCC(=O)O)C(=O)c2cc(F)ccc21. The molecule has 0 saturated carbocycles. The fraction of sp³-hybridized carbons (Fsp3) is 0.267. The average Bonchev–Trinajstić information content (AvgIpc) is 2.50. The van der Waals surface area contributed by atoms with Gasteiger partial charge in [0.05, 0.1) is 6.07 Å². The van der Waals surface area contributed by atoms with E-state index >= 15 is 0 Å². The normalized spacial score (nSPS) is 22.9. The van der Waals surface area contributed by atoms with Crippen molar-refractivity contribution >= 4 is 23.4 Å². The standard InChI is InChI=1S/C15H11FN2O5/c1-15(6-17)9-3-2-7(16)4-8(9)12(21)11(13(15)22)14(23)18-5-10(19)20/h2-4,11H,5H2,1H3,(H,18,23)(H,19,20)/t11?,15-/m0/s1. The number of carboxylic acid groups (broad SMARTS) is 1. The van der Waals surface area contributed by atoms with Gasteiger partial charge < -0.3 is 10.4 Å². The highest BCUT2D eigenvalue weighted by Crippen LogP contribution is 2.37. The molecule has 0 spiro atoms. The Balaban J connectivity index is 2.54. The molecule has 118 valence electrons. The molecule has 23 heavy (non-hydrogen) atoms. The maximum absolute atomic E-state index is 13.4. The second-order valence-corrected chi connectivity index (χ2v) is 5.20. The lowest BCUT2D eigenvalue weighted by molar-refractivity contribution is -0.140. The van der Waals surface area contributed by atoms with E-state index in [1.165, 1.54) is 6.92 Å². The number of benzene rings is 1. The quantitative estimate of drug-likeness (QED) is 0.767. The summed E-state index contributed by atoms with van der Waals surface area (Å²) in [4.78, 5) is 47.3. The Morgan fingerprint density at radius 1 is 1.43 bits per heavy atom. The van der Waals surface area contributed by atoms with Crippen molar-refractivity contribution < 1.29 is 28.7 Å². The van der Waals surface area contributed by atoms with E-state index in [0.29, 0.717) is 0 Å². The number of carbonyl (C=O) groups excluding carboxylic acids is 3. The molecule has 1 aliphatic carbocycles. The molecule has 0 saturated heterocycles. The molecular formula is C15H11FN2O5. The molecule has 0 aliphatic heterocycles. The molecule has 0 aromatic heterocycles. The zero-order valence-corrected chi connectivity index (χ0v) is 11.9. The highest BCUT2D eigenvalue weighted by molar-refractivity contribution is 6.29. The smallest absolute Gasteiger partial charge is 0.322 e. The summed E-state index contributed by atoms with van der Waals surface area (Å²) in [5.41, 5.74) is -2.01. The van der Waals surface area contributed by atoms with Crippen LogP contribution >= 0.6 is 0 Å². The van der Waals surface area contributed by atoms with Crippen molar-refractivity contribution in [2.24, 2.45) is 5.92 Å². The number of fused-ring (bicyclic) bond motifs is 1. The zero-order valence-electron chi connectivity index (χ0n) is 11.9. The Kier molecular flexibility index (Phi) is 3.97. The van der Waals surface area contributed by atoms with E-state index in [1.54, 1.807) is 6.07 Å². The number of halogens is 1. The number of hydrogen-bond donors (Lipinski definition) is 2. The number of Topliss-reactive ketones (excluding diaryl/α,β-unsaturated/α-hetero) is 2. The zero-order chi connectivity index (χ0) is 17.4. The van der Waals surface area contributed by atoms with Gasteiger partial charge in [-0.25, -0.2) is 4.39 Å². The Bertz CT molecular complexity index is 783. The molecule has 7 nitrogen and oxygen atoms in total. The lowest BCUT2D eigenvalue weighted by Crippen LogP contribution is -2.52. The number of nitrogens with one attached hydrogen (secondary N) is 1. The average molecular weight is 318 g/mol. The molecule has 2 rings (SSSR count). The van der Waals surface area contributed by atoms with E-state index in [4.69, 9.17) is 5.11 Å². The van der Waals surface area contributed by atoms with Gasteiger partial charge in [-0.3, -0.25) is 19.2 Å². The van der Waals surface area contributed by atoms with Crippen LogP contribution in [0.25, 0.3) is 0 Å². The Morgan fingerprint density at radius 3 is 2.65 bits per heavy atom. The molecule has 1 aliphatic rings. The fourth-order valence-corrected chi connectivity index (χ4v) is 2.47. The summed E-state index contributed by atoms with van der Waals surface area (Å²) in [5.74, 6) is -7.04. The minimum Gasteiger partial charge on any atom is -0.480 e. The summed E-state index contributed by atoms with van der Waals surface area (Å²) in [6, 6.07) is 4.79. The van der Waals surface area contributed by atoms with Crippen molar-refractivity contribution in [3.63, 3.8) is 0 Å². The first-order chi connectivity index (χ1) is 10.7. The van der Waals surface area contributed by atoms with Crippen LogP contribution < -0.4 is 5.32 Å². The van der Waals surface area contributed by atoms with Crippen LogP contribution in [0.4, 0.5) is 4.39 Å². The Labute approximate surface area is 129 Å². The van der Waals surface area contributed by atoms with Crippen LogP contribution in [0, 0.1) is 23.1 Å². The molecule has 1 aromatic carbocycles. The number of nitriles is 1. The van der Waals surface area contributed by atoms with Crippen molar-refractivity contribution in [3.05, 3.63) is 35.1 Å². The number of amides is 1. The highest BCUT2D eigenvalue weighted by atomic mass is 19.1. The lowest BCUT2D eigenvalue weighted by Gasteiger charge is -2.31. The Hall–Kier alpha value is -3.08. The van der Waals surface area contributed by atoms with Crippen molar-refractivity contribution in [3.8, 4) is 6.07 Å². The van der Waals surface area contributed by atoms with Gasteiger partial charge in [0, 0.05) is 5.56 Å². The summed E-state index contributed by atoms with van der Waals surface area (Å²) < 4.78 is 13.4. The Morgan fingerprint density at radius 2 is 2.09 bits per heavy atom. The van der Waals surface area contributed by atoms with Gasteiger partial charge >= 0.3 is 5.97 Å². The number of carboxylic acids is 1. The van der Waals surface area contributed by atoms with Crippen LogP contribution in [0.15, 0.2) is 18.2 Å². The second kappa shape index (κ2) is 5.61.